The van der Waals surface area contributed by atoms with Crippen LogP contribution in [0.5, 0.6) is 0 Å². The Morgan fingerprint density at radius 2 is 2.00 bits per heavy atom. The standard InChI is InChI=1S/C18H19N5O2S/c24-15-10-14(12-6-2-1-3-7-12)23-17(20-15)21-22-18(23)26-11-16(25)19-13-8-4-5-9-13/h1-3,6-7,10,13H,4-5,8-9,11H2,(H,19,25)(H,20,21,24). The Hall–Kier alpha value is -2.61. The van der Waals surface area contributed by atoms with Crippen LogP contribution in [0.1, 0.15) is 25.7 Å². The van der Waals surface area contributed by atoms with Crippen LogP contribution in [0.25, 0.3) is 17.0 Å². The number of rotatable bonds is 5. The summed E-state index contributed by atoms with van der Waals surface area (Å²) < 4.78 is 1.78. The van der Waals surface area contributed by atoms with Gasteiger partial charge in [0.05, 0.1) is 11.4 Å². The zero-order valence-corrected chi connectivity index (χ0v) is 15.0. The van der Waals surface area contributed by atoms with Gasteiger partial charge in [0, 0.05) is 12.1 Å². The van der Waals surface area contributed by atoms with Crippen molar-refractivity contribution in [3.05, 3.63) is 46.8 Å². The third-order valence-electron chi connectivity index (χ3n) is 4.50. The minimum atomic E-state index is -0.237. The van der Waals surface area contributed by atoms with Crippen LogP contribution in [0.15, 0.2) is 46.3 Å². The third-order valence-corrected chi connectivity index (χ3v) is 5.43. The molecule has 8 heteroatoms. The predicted molar refractivity (Wildman–Crippen MR) is 100 cm³/mol. The fraction of sp³-hybridized carbons (Fsp3) is 0.333. The van der Waals surface area contributed by atoms with Gasteiger partial charge in [0.2, 0.25) is 11.7 Å². The molecule has 0 bridgehead atoms. The first-order valence-electron chi connectivity index (χ1n) is 8.67. The van der Waals surface area contributed by atoms with E-state index in [1.54, 1.807) is 4.40 Å². The van der Waals surface area contributed by atoms with Gasteiger partial charge in [-0.25, -0.2) is 0 Å². The number of aromatic amines is 1. The molecule has 2 N–H and O–H groups in total. The number of aromatic nitrogens is 4. The summed E-state index contributed by atoms with van der Waals surface area (Å²) in [4.78, 5) is 26.8. The van der Waals surface area contributed by atoms with E-state index >= 15 is 0 Å². The molecule has 0 atom stereocenters. The maximum atomic E-state index is 12.2. The highest BCUT2D eigenvalue weighted by molar-refractivity contribution is 7.99. The zero-order valence-electron chi connectivity index (χ0n) is 14.1. The molecule has 26 heavy (non-hydrogen) atoms. The van der Waals surface area contributed by atoms with Crippen molar-refractivity contribution < 1.29 is 4.79 Å². The first kappa shape index (κ1) is 16.8. The Bertz CT molecular complexity index is 976. The van der Waals surface area contributed by atoms with Crippen molar-refractivity contribution >= 4 is 23.4 Å². The van der Waals surface area contributed by atoms with E-state index in [9.17, 15) is 9.59 Å². The third kappa shape index (κ3) is 3.50. The molecule has 7 nitrogen and oxygen atoms in total. The molecule has 4 rings (SSSR count). The van der Waals surface area contributed by atoms with Crippen molar-refractivity contribution in [1.82, 2.24) is 24.9 Å². The van der Waals surface area contributed by atoms with E-state index in [1.807, 2.05) is 30.3 Å². The van der Waals surface area contributed by atoms with E-state index in [4.69, 9.17) is 0 Å². The van der Waals surface area contributed by atoms with Crippen LogP contribution in [0, 0.1) is 0 Å². The van der Waals surface area contributed by atoms with Gasteiger partial charge in [0.25, 0.3) is 5.56 Å². The lowest BCUT2D eigenvalue weighted by Gasteiger charge is -2.11. The molecule has 2 aromatic heterocycles. The molecule has 1 amide bonds. The fourth-order valence-electron chi connectivity index (χ4n) is 3.29. The summed E-state index contributed by atoms with van der Waals surface area (Å²) in [5.41, 5.74) is 1.35. The van der Waals surface area contributed by atoms with E-state index < -0.39 is 0 Å². The molecule has 1 saturated carbocycles. The quantitative estimate of drug-likeness (QED) is 0.673. The predicted octanol–water partition coefficient (Wildman–Crippen LogP) is 2.24. The van der Waals surface area contributed by atoms with E-state index in [0.29, 0.717) is 22.7 Å². The number of nitrogens with zero attached hydrogens (tertiary/aromatic N) is 3. The summed E-state index contributed by atoms with van der Waals surface area (Å²) in [6, 6.07) is 11.4. The fourth-order valence-corrected chi connectivity index (χ4v) is 4.04. The minimum Gasteiger partial charge on any atom is -0.353 e. The average Bonchev–Trinajstić information content (AvgIpc) is 3.29. The zero-order chi connectivity index (χ0) is 17.9. The molecule has 2 heterocycles. The molecule has 0 saturated heterocycles. The molecule has 134 valence electrons. The largest absolute Gasteiger partial charge is 0.353 e. The molecule has 1 fully saturated rings. The van der Waals surface area contributed by atoms with Crippen LogP contribution in [-0.4, -0.2) is 37.3 Å². The number of carbonyl (C=O) groups is 1. The van der Waals surface area contributed by atoms with Crippen molar-refractivity contribution in [3.8, 4) is 11.3 Å². The lowest BCUT2D eigenvalue weighted by atomic mass is 10.1. The van der Waals surface area contributed by atoms with E-state index in [-0.39, 0.29) is 17.2 Å². The number of thioether (sulfide) groups is 1. The summed E-state index contributed by atoms with van der Waals surface area (Å²) >= 11 is 1.32. The summed E-state index contributed by atoms with van der Waals surface area (Å²) in [6.07, 6.45) is 4.48. The number of hydrogen-bond acceptors (Lipinski definition) is 5. The number of nitrogens with one attached hydrogen (secondary N) is 2. The average molecular weight is 369 g/mol. The molecule has 0 spiro atoms. The minimum absolute atomic E-state index is 0.00401. The van der Waals surface area contributed by atoms with Gasteiger partial charge in [-0.2, -0.15) is 0 Å². The van der Waals surface area contributed by atoms with Crippen LogP contribution >= 0.6 is 11.8 Å². The monoisotopic (exact) mass is 369 g/mol. The van der Waals surface area contributed by atoms with Gasteiger partial charge in [-0.15, -0.1) is 10.2 Å². The van der Waals surface area contributed by atoms with Gasteiger partial charge in [0.15, 0.2) is 5.16 Å². The van der Waals surface area contributed by atoms with E-state index in [1.165, 1.54) is 30.7 Å². The van der Waals surface area contributed by atoms with Crippen LogP contribution < -0.4 is 10.9 Å². The number of H-pyrrole nitrogens is 1. The maximum Gasteiger partial charge on any atom is 0.252 e. The van der Waals surface area contributed by atoms with Gasteiger partial charge in [-0.3, -0.25) is 19.0 Å². The van der Waals surface area contributed by atoms with E-state index in [2.05, 4.69) is 20.5 Å². The Balaban J connectivity index is 1.59. The molecular weight excluding hydrogens is 350 g/mol. The maximum absolute atomic E-state index is 12.2. The van der Waals surface area contributed by atoms with Crippen molar-refractivity contribution in [2.24, 2.45) is 0 Å². The summed E-state index contributed by atoms with van der Waals surface area (Å²) in [6.45, 7) is 0. The van der Waals surface area contributed by atoms with Crippen molar-refractivity contribution in [2.75, 3.05) is 5.75 Å². The first-order valence-corrected chi connectivity index (χ1v) is 9.65. The number of benzene rings is 1. The number of fused-ring (bicyclic) bond motifs is 1. The lowest BCUT2D eigenvalue weighted by molar-refractivity contribution is -0.119. The smallest absolute Gasteiger partial charge is 0.252 e. The van der Waals surface area contributed by atoms with Crippen molar-refractivity contribution in [1.29, 1.82) is 0 Å². The Labute approximate surface area is 154 Å². The topological polar surface area (TPSA) is 92.2 Å². The molecule has 1 aliphatic carbocycles. The highest BCUT2D eigenvalue weighted by atomic mass is 32.2. The van der Waals surface area contributed by atoms with Crippen LogP contribution in [0.2, 0.25) is 0 Å². The van der Waals surface area contributed by atoms with Gasteiger partial charge < -0.3 is 5.32 Å². The van der Waals surface area contributed by atoms with E-state index in [0.717, 1.165) is 18.4 Å². The van der Waals surface area contributed by atoms with Crippen molar-refractivity contribution in [3.63, 3.8) is 0 Å². The SMILES string of the molecule is O=C(CSc1nnc2[nH]c(=O)cc(-c3ccccc3)n12)NC1CCCC1. The second kappa shape index (κ2) is 7.33. The molecular formula is C18H19N5O2S. The van der Waals surface area contributed by atoms with Gasteiger partial charge in [-0.1, -0.05) is 54.9 Å². The second-order valence-corrected chi connectivity index (χ2v) is 7.31. The van der Waals surface area contributed by atoms with Crippen LogP contribution in [0.4, 0.5) is 0 Å². The summed E-state index contributed by atoms with van der Waals surface area (Å²) in [5, 5.41) is 11.9. The second-order valence-electron chi connectivity index (χ2n) is 6.36. The van der Waals surface area contributed by atoms with Crippen molar-refractivity contribution in [2.45, 2.75) is 36.9 Å². The molecule has 0 radical (unpaired) electrons. The Morgan fingerprint density at radius 1 is 1.23 bits per heavy atom. The molecule has 3 aromatic rings. The van der Waals surface area contributed by atoms with Gasteiger partial charge in [-0.05, 0) is 18.4 Å². The summed E-state index contributed by atoms with van der Waals surface area (Å²) in [5.74, 6) is 0.643. The van der Waals surface area contributed by atoms with Gasteiger partial charge >= 0.3 is 0 Å². The summed E-state index contributed by atoms with van der Waals surface area (Å²) in [7, 11) is 0. The molecule has 0 aliphatic heterocycles. The molecule has 0 unspecified atom stereocenters. The Kier molecular flexibility index (Phi) is 4.75. The normalized spacial score (nSPS) is 14.8. The lowest BCUT2D eigenvalue weighted by Crippen LogP contribution is -2.33. The first-order chi connectivity index (χ1) is 12.7. The van der Waals surface area contributed by atoms with Crippen LogP contribution in [0.3, 0.4) is 0 Å². The Morgan fingerprint density at radius 3 is 2.77 bits per heavy atom. The van der Waals surface area contributed by atoms with Gasteiger partial charge in [0.1, 0.15) is 0 Å². The molecule has 1 aromatic carbocycles. The van der Waals surface area contributed by atoms with Crippen LogP contribution in [-0.2, 0) is 4.79 Å². The number of hydrogen-bond donors (Lipinski definition) is 2. The highest BCUT2D eigenvalue weighted by Crippen LogP contribution is 2.24. The molecule has 1 aliphatic rings. The number of carbonyl (C=O) groups excluding carboxylic acids is 1. The number of amides is 1. The highest BCUT2D eigenvalue weighted by Gasteiger charge is 2.18.